The van der Waals surface area contributed by atoms with Gasteiger partial charge in [0.2, 0.25) is 6.10 Å². The van der Waals surface area contributed by atoms with Gasteiger partial charge in [-0.3, -0.25) is 0 Å². The van der Waals surface area contributed by atoms with E-state index in [2.05, 4.69) is 4.74 Å². The van der Waals surface area contributed by atoms with Crippen LogP contribution >= 0.6 is 0 Å². The summed E-state index contributed by atoms with van der Waals surface area (Å²) >= 11 is 0. The van der Waals surface area contributed by atoms with E-state index in [1.54, 1.807) is 30.3 Å². The quantitative estimate of drug-likeness (QED) is 0.892. The molecule has 1 aliphatic rings. The van der Waals surface area contributed by atoms with Crippen LogP contribution in [-0.4, -0.2) is 47.4 Å². The Balaban J connectivity index is 2.01. The first-order valence-electron chi connectivity index (χ1n) is 5.99. The van der Waals surface area contributed by atoms with Crippen molar-refractivity contribution in [2.24, 2.45) is 0 Å². The van der Waals surface area contributed by atoms with Gasteiger partial charge in [0.05, 0.1) is 6.54 Å². The molecule has 7 heteroatoms. The molecule has 1 atom stereocenters. The number of carboxylic acids is 1. The number of cyclic esters (lactones) is 1. The topological polar surface area (TPSA) is 93.1 Å². The van der Waals surface area contributed by atoms with E-state index in [0.29, 0.717) is 0 Å². The van der Waals surface area contributed by atoms with Crippen LogP contribution in [0.15, 0.2) is 30.3 Å². The Bertz CT molecular complexity index is 515. The molecule has 1 aliphatic heterocycles. The van der Waals surface area contributed by atoms with Crippen molar-refractivity contribution in [1.82, 2.24) is 4.90 Å². The number of aliphatic carboxylic acids is 1. The van der Waals surface area contributed by atoms with Crippen LogP contribution in [0.3, 0.4) is 0 Å². The third kappa shape index (κ3) is 3.25. The van der Waals surface area contributed by atoms with Crippen molar-refractivity contribution in [1.29, 1.82) is 0 Å². The number of carboxylic acid groups (broad SMARTS) is 1. The summed E-state index contributed by atoms with van der Waals surface area (Å²) in [6.07, 6.45) is -3.14. The van der Waals surface area contributed by atoms with Gasteiger partial charge in [-0.1, -0.05) is 30.3 Å². The minimum absolute atomic E-state index is 0.0325. The van der Waals surface area contributed by atoms with E-state index in [4.69, 9.17) is 9.84 Å². The molecule has 0 spiro atoms. The summed E-state index contributed by atoms with van der Waals surface area (Å²) in [6.45, 7) is 0.152. The van der Waals surface area contributed by atoms with Gasteiger partial charge in [0, 0.05) is 6.42 Å². The lowest BCUT2D eigenvalue weighted by Crippen LogP contribution is -2.38. The molecule has 0 radical (unpaired) electrons. The molecule has 106 valence electrons. The van der Waals surface area contributed by atoms with Crippen LogP contribution in [0.2, 0.25) is 0 Å². The lowest BCUT2D eigenvalue weighted by molar-refractivity contribution is -0.147. The van der Waals surface area contributed by atoms with Crippen molar-refractivity contribution >= 4 is 18.2 Å². The zero-order valence-electron chi connectivity index (χ0n) is 10.5. The molecule has 20 heavy (non-hydrogen) atoms. The number of nitrogens with zero attached hydrogens (tertiary/aromatic N) is 1. The van der Waals surface area contributed by atoms with Crippen LogP contribution in [0.4, 0.5) is 9.59 Å². The van der Waals surface area contributed by atoms with Gasteiger partial charge in [-0.25, -0.2) is 19.3 Å². The number of hydrogen-bond acceptors (Lipinski definition) is 5. The average molecular weight is 279 g/mol. The van der Waals surface area contributed by atoms with Crippen molar-refractivity contribution in [2.45, 2.75) is 12.5 Å². The Hall–Kier alpha value is -2.57. The van der Waals surface area contributed by atoms with Gasteiger partial charge in [-0.15, -0.1) is 0 Å². The average Bonchev–Trinajstić information content (AvgIpc) is 2.85. The highest BCUT2D eigenvalue weighted by Gasteiger charge is 2.33. The van der Waals surface area contributed by atoms with Crippen LogP contribution in [0.25, 0.3) is 0 Å². The number of hydrogen-bond donors (Lipinski definition) is 1. The maximum atomic E-state index is 11.7. The number of rotatable bonds is 4. The van der Waals surface area contributed by atoms with Gasteiger partial charge in [-0.05, 0) is 5.56 Å². The predicted molar refractivity (Wildman–Crippen MR) is 66.1 cm³/mol. The third-order valence-electron chi connectivity index (χ3n) is 2.76. The highest BCUT2D eigenvalue weighted by Crippen LogP contribution is 2.11. The van der Waals surface area contributed by atoms with Crippen molar-refractivity contribution in [3.8, 4) is 0 Å². The molecule has 1 aromatic rings. The van der Waals surface area contributed by atoms with Gasteiger partial charge in [-0.2, -0.15) is 0 Å². The second-order valence-electron chi connectivity index (χ2n) is 4.17. The molecule has 1 heterocycles. The molecule has 0 aromatic heterocycles. The molecule has 7 nitrogen and oxygen atoms in total. The van der Waals surface area contributed by atoms with Crippen molar-refractivity contribution in [3.05, 3.63) is 35.9 Å². The van der Waals surface area contributed by atoms with E-state index in [0.717, 1.165) is 10.5 Å². The first-order valence-corrected chi connectivity index (χ1v) is 5.99. The van der Waals surface area contributed by atoms with Gasteiger partial charge in [0.25, 0.3) is 0 Å². The van der Waals surface area contributed by atoms with E-state index in [1.807, 2.05) is 0 Å². The standard InChI is InChI=1S/C13H13NO6/c15-11(16)10(8-9-4-2-1-3-5-9)20-13(18)14-6-7-19-12(14)17/h1-5,10H,6-8H2,(H,15,16)/t10-/m0/s1. The lowest BCUT2D eigenvalue weighted by atomic mass is 10.1. The predicted octanol–water partition coefficient (Wildman–Crippen LogP) is 1.27. The van der Waals surface area contributed by atoms with Gasteiger partial charge >= 0.3 is 18.2 Å². The molecular formula is C13H13NO6. The Morgan fingerprint density at radius 3 is 2.60 bits per heavy atom. The highest BCUT2D eigenvalue weighted by atomic mass is 16.6. The first kappa shape index (κ1) is 13.9. The summed E-state index contributed by atoms with van der Waals surface area (Å²) in [6, 6.07) is 8.77. The Labute approximate surface area is 114 Å². The number of ether oxygens (including phenoxy) is 2. The summed E-state index contributed by atoms with van der Waals surface area (Å²) in [5.74, 6) is -1.27. The molecule has 0 aliphatic carbocycles. The van der Waals surface area contributed by atoms with E-state index in [-0.39, 0.29) is 19.6 Å². The molecule has 2 amide bonds. The molecule has 1 fully saturated rings. The molecule has 1 saturated heterocycles. The molecule has 2 rings (SSSR count). The fraction of sp³-hybridized carbons (Fsp3) is 0.308. The smallest absolute Gasteiger partial charge is 0.420 e. The molecule has 0 unspecified atom stereocenters. The highest BCUT2D eigenvalue weighted by molar-refractivity contribution is 5.90. The summed E-state index contributed by atoms with van der Waals surface area (Å²) < 4.78 is 9.44. The van der Waals surface area contributed by atoms with E-state index in [1.165, 1.54) is 0 Å². The Morgan fingerprint density at radius 2 is 2.05 bits per heavy atom. The minimum atomic E-state index is -1.35. The zero-order chi connectivity index (χ0) is 14.5. The molecule has 0 bridgehead atoms. The number of benzene rings is 1. The minimum Gasteiger partial charge on any atom is -0.478 e. The van der Waals surface area contributed by atoms with Crippen molar-refractivity contribution in [2.75, 3.05) is 13.2 Å². The maximum Gasteiger partial charge on any atom is 0.420 e. The third-order valence-corrected chi connectivity index (χ3v) is 2.76. The Morgan fingerprint density at radius 1 is 1.35 bits per heavy atom. The van der Waals surface area contributed by atoms with Crippen molar-refractivity contribution in [3.63, 3.8) is 0 Å². The monoisotopic (exact) mass is 279 g/mol. The number of amides is 2. The molecule has 1 N–H and O–H groups in total. The van der Waals surface area contributed by atoms with Crippen LogP contribution in [0.5, 0.6) is 0 Å². The van der Waals surface area contributed by atoms with E-state index >= 15 is 0 Å². The summed E-state index contributed by atoms with van der Waals surface area (Å²) in [4.78, 5) is 34.7. The molecular weight excluding hydrogens is 266 g/mol. The normalized spacial score (nSPS) is 15.6. The fourth-order valence-corrected chi connectivity index (χ4v) is 1.75. The number of imide groups is 1. The van der Waals surface area contributed by atoms with Gasteiger partial charge in [0.1, 0.15) is 6.61 Å². The molecule has 0 saturated carbocycles. The second-order valence-corrected chi connectivity index (χ2v) is 4.17. The number of carbonyl (C=O) groups is 3. The summed E-state index contributed by atoms with van der Waals surface area (Å²) in [5.41, 5.74) is 0.719. The number of carbonyl (C=O) groups excluding carboxylic acids is 2. The fourth-order valence-electron chi connectivity index (χ4n) is 1.75. The zero-order valence-corrected chi connectivity index (χ0v) is 10.5. The van der Waals surface area contributed by atoms with Crippen LogP contribution in [0.1, 0.15) is 5.56 Å². The second kappa shape index (κ2) is 6.05. The first-order chi connectivity index (χ1) is 9.58. The lowest BCUT2D eigenvalue weighted by Gasteiger charge is -2.17. The largest absolute Gasteiger partial charge is 0.478 e. The Kier molecular flexibility index (Phi) is 4.19. The summed E-state index contributed by atoms with van der Waals surface area (Å²) in [5, 5.41) is 9.08. The molecule has 1 aromatic carbocycles. The van der Waals surface area contributed by atoms with Crippen molar-refractivity contribution < 1.29 is 29.0 Å². The van der Waals surface area contributed by atoms with E-state index < -0.39 is 24.3 Å². The van der Waals surface area contributed by atoms with Gasteiger partial charge < -0.3 is 14.6 Å². The SMILES string of the molecule is O=C(O)[C@H](Cc1ccccc1)OC(=O)N1CCOC1=O. The van der Waals surface area contributed by atoms with Crippen LogP contribution in [0, 0.1) is 0 Å². The summed E-state index contributed by atoms with van der Waals surface area (Å²) in [7, 11) is 0. The van der Waals surface area contributed by atoms with Crippen LogP contribution in [-0.2, 0) is 20.7 Å². The van der Waals surface area contributed by atoms with Crippen LogP contribution < -0.4 is 0 Å². The van der Waals surface area contributed by atoms with Gasteiger partial charge in [0.15, 0.2) is 0 Å². The maximum absolute atomic E-state index is 11.7. The van der Waals surface area contributed by atoms with E-state index in [9.17, 15) is 14.4 Å².